The Morgan fingerprint density at radius 2 is 2.17 bits per heavy atom. The Kier molecular flexibility index (Phi) is 4.78. The van der Waals surface area contributed by atoms with Gasteiger partial charge in [0.25, 0.3) is 0 Å². The number of nitrogens with zero attached hydrogens (tertiary/aromatic N) is 2. The van der Waals surface area contributed by atoms with E-state index in [9.17, 15) is 0 Å². The number of methoxy groups -OCH3 is 1. The molecule has 1 aromatic rings. The molecule has 1 atom stereocenters. The van der Waals surface area contributed by atoms with Crippen molar-refractivity contribution in [2.75, 3.05) is 12.4 Å². The number of nitrogens with one attached hydrogen (secondary N) is 1. The van der Waals surface area contributed by atoms with Gasteiger partial charge in [0.15, 0.2) is 5.82 Å². The Morgan fingerprint density at radius 3 is 2.83 bits per heavy atom. The van der Waals surface area contributed by atoms with Gasteiger partial charge in [0.05, 0.1) is 0 Å². The Hall–Kier alpha value is -0.870. The lowest BCUT2D eigenvalue weighted by Gasteiger charge is -2.21. The van der Waals surface area contributed by atoms with Crippen molar-refractivity contribution in [2.24, 2.45) is 5.92 Å². The summed E-state index contributed by atoms with van der Waals surface area (Å²) in [7, 11) is 1.62. The van der Waals surface area contributed by atoms with Gasteiger partial charge < -0.3 is 10.1 Å². The fraction of sp³-hybridized carbons (Fsp3) is 0.692. The highest BCUT2D eigenvalue weighted by molar-refractivity contribution is 6.29. The molecule has 0 spiro atoms. The van der Waals surface area contributed by atoms with Crippen LogP contribution in [0.25, 0.3) is 0 Å². The first-order valence-corrected chi connectivity index (χ1v) is 6.86. The van der Waals surface area contributed by atoms with Crippen molar-refractivity contribution in [3.05, 3.63) is 17.0 Å². The van der Waals surface area contributed by atoms with E-state index in [4.69, 9.17) is 16.3 Å². The molecule has 1 N–H and O–H groups in total. The Morgan fingerprint density at radius 1 is 1.44 bits per heavy atom. The molecule has 0 amide bonds. The second kappa shape index (κ2) is 6.34. The van der Waals surface area contributed by atoms with Crippen LogP contribution in [0.15, 0.2) is 6.07 Å². The minimum absolute atomic E-state index is 0.382. The largest absolute Gasteiger partial charge is 0.377 e. The molecule has 0 saturated heterocycles. The van der Waals surface area contributed by atoms with Crippen LogP contribution >= 0.6 is 11.6 Å². The van der Waals surface area contributed by atoms with E-state index in [1.54, 1.807) is 13.2 Å². The van der Waals surface area contributed by atoms with E-state index in [0.717, 1.165) is 11.7 Å². The van der Waals surface area contributed by atoms with Gasteiger partial charge in [-0.3, -0.25) is 0 Å². The average molecular weight is 270 g/mol. The normalized spacial score (nSPS) is 17.9. The van der Waals surface area contributed by atoms with E-state index in [2.05, 4.69) is 22.2 Å². The molecule has 18 heavy (non-hydrogen) atoms. The molecule has 4 nitrogen and oxygen atoms in total. The maximum absolute atomic E-state index is 5.98. The number of anilines is 1. The molecule has 0 bridgehead atoms. The topological polar surface area (TPSA) is 47.0 Å². The van der Waals surface area contributed by atoms with Crippen LogP contribution in [0.2, 0.25) is 5.15 Å². The van der Waals surface area contributed by atoms with Gasteiger partial charge >= 0.3 is 0 Å². The summed E-state index contributed by atoms with van der Waals surface area (Å²) in [4.78, 5) is 8.52. The minimum atomic E-state index is 0.382. The number of ether oxygens (including phenoxy) is 1. The fourth-order valence-electron chi connectivity index (χ4n) is 2.54. The molecule has 100 valence electrons. The third kappa shape index (κ3) is 3.56. The van der Waals surface area contributed by atoms with Gasteiger partial charge in [0.2, 0.25) is 0 Å². The van der Waals surface area contributed by atoms with Gasteiger partial charge in [-0.2, -0.15) is 0 Å². The number of aromatic nitrogens is 2. The summed E-state index contributed by atoms with van der Waals surface area (Å²) in [6.45, 7) is 2.59. The van der Waals surface area contributed by atoms with E-state index in [-0.39, 0.29) is 0 Å². The lowest BCUT2D eigenvalue weighted by atomic mass is 10.00. The molecule has 1 saturated carbocycles. The van der Waals surface area contributed by atoms with Crippen LogP contribution < -0.4 is 5.32 Å². The number of hydrogen-bond acceptors (Lipinski definition) is 4. The highest BCUT2D eigenvalue weighted by atomic mass is 35.5. The van der Waals surface area contributed by atoms with E-state index < -0.39 is 0 Å². The second-order valence-corrected chi connectivity index (χ2v) is 5.29. The summed E-state index contributed by atoms with van der Waals surface area (Å²) in [5.74, 6) is 2.15. The molecule has 0 aliphatic heterocycles. The molecule has 1 aromatic heterocycles. The molecule has 1 aliphatic carbocycles. The summed E-state index contributed by atoms with van der Waals surface area (Å²) < 4.78 is 5.03. The lowest BCUT2D eigenvalue weighted by Crippen LogP contribution is -2.24. The lowest BCUT2D eigenvalue weighted by molar-refractivity contribution is 0.178. The van der Waals surface area contributed by atoms with Gasteiger partial charge in [-0.25, -0.2) is 9.97 Å². The van der Waals surface area contributed by atoms with Crippen LogP contribution in [0.4, 0.5) is 5.82 Å². The average Bonchev–Trinajstić information content (AvgIpc) is 2.81. The van der Waals surface area contributed by atoms with Crippen LogP contribution in [0.5, 0.6) is 0 Å². The van der Waals surface area contributed by atoms with Crippen molar-refractivity contribution < 1.29 is 4.74 Å². The summed E-state index contributed by atoms with van der Waals surface area (Å²) in [5, 5.41) is 3.89. The van der Waals surface area contributed by atoms with Crippen LogP contribution in [0.1, 0.15) is 38.4 Å². The first-order valence-electron chi connectivity index (χ1n) is 6.48. The monoisotopic (exact) mass is 269 g/mol. The smallest absolute Gasteiger partial charge is 0.158 e. The van der Waals surface area contributed by atoms with E-state index in [1.807, 2.05) is 0 Å². The van der Waals surface area contributed by atoms with Gasteiger partial charge in [-0.05, 0) is 25.7 Å². The summed E-state index contributed by atoms with van der Waals surface area (Å²) in [5.41, 5.74) is 0. The Labute approximate surface area is 113 Å². The Bertz CT molecular complexity index is 394. The van der Waals surface area contributed by atoms with Crippen molar-refractivity contribution in [1.29, 1.82) is 0 Å². The van der Waals surface area contributed by atoms with Gasteiger partial charge in [0.1, 0.15) is 17.6 Å². The van der Waals surface area contributed by atoms with Crippen LogP contribution in [-0.2, 0) is 11.3 Å². The van der Waals surface area contributed by atoms with Crippen LogP contribution in [0, 0.1) is 5.92 Å². The van der Waals surface area contributed by atoms with Gasteiger partial charge in [-0.15, -0.1) is 0 Å². The molecule has 5 heteroatoms. The van der Waals surface area contributed by atoms with Crippen molar-refractivity contribution in [1.82, 2.24) is 9.97 Å². The summed E-state index contributed by atoms with van der Waals surface area (Å²) in [6.07, 6.45) is 5.29. The van der Waals surface area contributed by atoms with Crippen LogP contribution in [0.3, 0.4) is 0 Å². The van der Waals surface area contributed by atoms with Crippen molar-refractivity contribution in [3.63, 3.8) is 0 Å². The maximum Gasteiger partial charge on any atom is 0.158 e. The Balaban J connectivity index is 2.03. The van der Waals surface area contributed by atoms with Crippen molar-refractivity contribution >= 4 is 17.4 Å². The van der Waals surface area contributed by atoms with E-state index in [0.29, 0.717) is 23.6 Å². The quantitative estimate of drug-likeness (QED) is 0.834. The predicted molar refractivity (Wildman–Crippen MR) is 72.8 cm³/mol. The van der Waals surface area contributed by atoms with Gasteiger partial charge in [0, 0.05) is 19.2 Å². The first kappa shape index (κ1) is 13.6. The van der Waals surface area contributed by atoms with Crippen molar-refractivity contribution in [2.45, 2.75) is 45.3 Å². The van der Waals surface area contributed by atoms with Gasteiger partial charge in [-0.1, -0.05) is 24.4 Å². The molecule has 1 fully saturated rings. The molecular formula is C13H20ClN3O. The number of rotatable bonds is 5. The third-order valence-electron chi connectivity index (χ3n) is 3.50. The molecule has 2 rings (SSSR count). The zero-order chi connectivity index (χ0) is 13.0. The van der Waals surface area contributed by atoms with E-state index in [1.165, 1.54) is 25.7 Å². The molecule has 0 radical (unpaired) electrons. The standard InChI is InChI=1S/C13H20ClN3O/c1-9(10-5-3-4-6-10)15-12-7-11(14)16-13(17-12)8-18-2/h7,9-10H,3-6,8H2,1-2H3,(H,15,16,17). The number of halogens is 1. The number of hydrogen-bond donors (Lipinski definition) is 1. The molecular weight excluding hydrogens is 250 g/mol. The first-order chi connectivity index (χ1) is 8.69. The SMILES string of the molecule is COCc1nc(Cl)cc(NC(C)C2CCCC2)n1. The summed E-state index contributed by atoms with van der Waals surface area (Å²) in [6, 6.07) is 2.19. The minimum Gasteiger partial charge on any atom is -0.377 e. The molecule has 0 aromatic carbocycles. The highest BCUT2D eigenvalue weighted by Crippen LogP contribution is 2.29. The summed E-state index contributed by atoms with van der Waals surface area (Å²) >= 11 is 5.98. The fourth-order valence-corrected chi connectivity index (χ4v) is 2.74. The highest BCUT2D eigenvalue weighted by Gasteiger charge is 2.21. The molecule has 1 aliphatic rings. The predicted octanol–water partition coefficient (Wildman–Crippen LogP) is 3.27. The van der Waals surface area contributed by atoms with Crippen LogP contribution in [-0.4, -0.2) is 23.1 Å². The molecule has 1 heterocycles. The second-order valence-electron chi connectivity index (χ2n) is 4.90. The van der Waals surface area contributed by atoms with Crippen molar-refractivity contribution in [3.8, 4) is 0 Å². The van der Waals surface area contributed by atoms with E-state index >= 15 is 0 Å². The zero-order valence-electron chi connectivity index (χ0n) is 10.9. The third-order valence-corrected chi connectivity index (χ3v) is 3.69. The maximum atomic E-state index is 5.98. The zero-order valence-corrected chi connectivity index (χ0v) is 11.7. The molecule has 1 unspecified atom stereocenters.